The minimum atomic E-state index is 0.208. The average molecular weight is 284 g/mol. The summed E-state index contributed by atoms with van der Waals surface area (Å²) in [5.74, 6) is 2.33. The third-order valence-corrected chi connectivity index (χ3v) is 3.34. The van der Waals surface area contributed by atoms with Gasteiger partial charge in [-0.05, 0) is 30.2 Å². The Morgan fingerprint density at radius 3 is 2.57 bits per heavy atom. The van der Waals surface area contributed by atoms with E-state index in [2.05, 4.69) is 0 Å². The van der Waals surface area contributed by atoms with E-state index in [9.17, 15) is 5.11 Å². The number of phenolic OH excluding ortho intramolecular Hbond substituents is 1. The van der Waals surface area contributed by atoms with Crippen molar-refractivity contribution >= 4 is 6.08 Å². The summed E-state index contributed by atoms with van der Waals surface area (Å²) in [6.45, 7) is 0.208. The van der Waals surface area contributed by atoms with E-state index >= 15 is 0 Å². The van der Waals surface area contributed by atoms with Crippen molar-refractivity contribution < 1.29 is 19.3 Å². The van der Waals surface area contributed by atoms with Crippen LogP contribution in [-0.4, -0.2) is 19.0 Å². The van der Waals surface area contributed by atoms with E-state index < -0.39 is 0 Å². The predicted molar refractivity (Wildman–Crippen MR) is 80.0 cm³/mol. The smallest absolute Gasteiger partial charge is 0.231 e. The maximum absolute atomic E-state index is 9.95. The van der Waals surface area contributed by atoms with Gasteiger partial charge < -0.3 is 19.3 Å². The number of ether oxygens (including phenoxy) is 3. The molecule has 0 aliphatic carbocycles. The maximum Gasteiger partial charge on any atom is 0.231 e. The van der Waals surface area contributed by atoms with E-state index in [0.29, 0.717) is 17.9 Å². The molecule has 1 aliphatic rings. The Bertz CT molecular complexity index is 659. The number of phenols is 1. The van der Waals surface area contributed by atoms with Gasteiger partial charge >= 0.3 is 0 Å². The summed E-state index contributed by atoms with van der Waals surface area (Å²) in [4.78, 5) is 0. The second kappa shape index (κ2) is 5.79. The van der Waals surface area contributed by atoms with E-state index in [1.54, 1.807) is 13.2 Å². The Morgan fingerprint density at radius 2 is 1.86 bits per heavy atom. The standard InChI is InChI=1S/C17H16O4/c1-19-14-7-5-12(6-8-14)3-2-4-13-9-16-17(10-15(13)18)21-11-20-16/h2-3,5-10,18H,4,11H2,1H3/b3-2+. The van der Waals surface area contributed by atoms with Gasteiger partial charge in [0.2, 0.25) is 6.79 Å². The van der Waals surface area contributed by atoms with Crippen molar-refractivity contribution in [2.45, 2.75) is 6.42 Å². The van der Waals surface area contributed by atoms with Crippen molar-refractivity contribution in [2.75, 3.05) is 13.9 Å². The van der Waals surface area contributed by atoms with E-state index in [1.165, 1.54) is 0 Å². The zero-order valence-corrected chi connectivity index (χ0v) is 11.7. The topological polar surface area (TPSA) is 47.9 Å². The van der Waals surface area contributed by atoms with Gasteiger partial charge in [-0.25, -0.2) is 0 Å². The molecule has 1 aliphatic heterocycles. The summed E-state index contributed by atoms with van der Waals surface area (Å²) in [5, 5.41) is 9.95. The highest BCUT2D eigenvalue weighted by molar-refractivity contribution is 5.54. The van der Waals surface area contributed by atoms with Crippen LogP contribution in [0.5, 0.6) is 23.0 Å². The van der Waals surface area contributed by atoms with Crippen molar-refractivity contribution in [1.82, 2.24) is 0 Å². The van der Waals surface area contributed by atoms with Crippen molar-refractivity contribution in [3.63, 3.8) is 0 Å². The highest BCUT2D eigenvalue weighted by atomic mass is 16.7. The molecule has 4 nitrogen and oxygen atoms in total. The fraction of sp³-hybridized carbons (Fsp3) is 0.176. The van der Waals surface area contributed by atoms with Gasteiger partial charge in [-0.15, -0.1) is 0 Å². The molecule has 0 radical (unpaired) electrons. The molecule has 0 fully saturated rings. The van der Waals surface area contributed by atoms with Crippen LogP contribution in [0.25, 0.3) is 6.08 Å². The Kier molecular flexibility index (Phi) is 3.69. The minimum absolute atomic E-state index is 0.208. The Balaban J connectivity index is 1.70. The number of rotatable bonds is 4. The molecule has 2 aromatic rings. The monoisotopic (exact) mass is 284 g/mol. The van der Waals surface area contributed by atoms with Crippen LogP contribution in [0.2, 0.25) is 0 Å². The van der Waals surface area contributed by atoms with Crippen molar-refractivity contribution in [3.05, 3.63) is 53.6 Å². The van der Waals surface area contributed by atoms with E-state index in [-0.39, 0.29) is 12.5 Å². The fourth-order valence-electron chi connectivity index (χ4n) is 2.17. The van der Waals surface area contributed by atoms with E-state index in [4.69, 9.17) is 14.2 Å². The van der Waals surface area contributed by atoms with Crippen LogP contribution < -0.4 is 14.2 Å². The number of fused-ring (bicyclic) bond motifs is 1. The van der Waals surface area contributed by atoms with Crippen LogP contribution in [0.4, 0.5) is 0 Å². The zero-order chi connectivity index (χ0) is 14.7. The SMILES string of the molecule is COc1ccc(/C=C/Cc2cc3c(cc2O)OCO3)cc1. The molecule has 0 bridgehead atoms. The van der Waals surface area contributed by atoms with E-state index in [1.807, 2.05) is 42.5 Å². The number of hydrogen-bond acceptors (Lipinski definition) is 4. The molecule has 0 saturated carbocycles. The molecular weight excluding hydrogens is 268 g/mol. The lowest BCUT2D eigenvalue weighted by Gasteiger charge is -2.04. The van der Waals surface area contributed by atoms with Gasteiger partial charge in [0.1, 0.15) is 11.5 Å². The molecule has 0 atom stereocenters. The van der Waals surface area contributed by atoms with Gasteiger partial charge in [0.25, 0.3) is 0 Å². The number of aromatic hydroxyl groups is 1. The van der Waals surface area contributed by atoms with Crippen molar-refractivity contribution in [3.8, 4) is 23.0 Å². The normalized spacial score (nSPS) is 12.8. The Morgan fingerprint density at radius 1 is 1.14 bits per heavy atom. The molecule has 0 spiro atoms. The molecule has 108 valence electrons. The zero-order valence-electron chi connectivity index (χ0n) is 11.7. The van der Waals surface area contributed by atoms with Gasteiger partial charge in [-0.3, -0.25) is 0 Å². The van der Waals surface area contributed by atoms with Crippen LogP contribution in [0.3, 0.4) is 0 Å². The Hall–Kier alpha value is -2.62. The summed E-state index contributed by atoms with van der Waals surface area (Å²) in [5.41, 5.74) is 1.89. The van der Waals surface area contributed by atoms with Crippen LogP contribution in [-0.2, 0) is 6.42 Å². The first-order chi connectivity index (χ1) is 10.3. The van der Waals surface area contributed by atoms with Gasteiger partial charge in [-0.2, -0.15) is 0 Å². The minimum Gasteiger partial charge on any atom is -0.508 e. The third kappa shape index (κ3) is 2.94. The second-order valence-corrected chi connectivity index (χ2v) is 4.71. The van der Waals surface area contributed by atoms with Crippen LogP contribution in [0, 0.1) is 0 Å². The van der Waals surface area contributed by atoms with Gasteiger partial charge in [0.05, 0.1) is 7.11 Å². The molecule has 3 rings (SSSR count). The van der Waals surface area contributed by atoms with Gasteiger partial charge in [0.15, 0.2) is 11.5 Å². The van der Waals surface area contributed by atoms with Gasteiger partial charge in [0, 0.05) is 11.6 Å². The first-order valence-electron chi connectivity index (χ1n) is 6.68. The maximum atomic E-state index is 9.95. The molecule has 2 aromatic carbocycles. The number of hydrogen-bond donors (Lipinski definition) is 1. The molecule has 21 heavy (non-hydrogen) atoms. The molecule has 0 amide bonds. The Labute approximate surface area is 123 Å². The average Bonchev–Trinajstić information content (AvgIpc) is 2.95. The van der Waals surface area contributed by atoms with E-state index in [0.717, 1.165) is 16.9 Å². The summed E-state index contributed by atoms with van der Waals surface area (Å²) in [7, 11) is 1.65. The van der Waals surface area contributed by atoms with Crippen LogP contribution >= 0.6 is 0 Å². The van der Waals surface area contributed by atoms with Crippen LogP contribution in [0.15, 0.2) is 42.5 Å². The molecule has 0 saturated heterocycles. The van der Waals surface area contributed by atoms with Crippen molar-refractivity contribution in [2.24, 2.45) is 0 Å². The number of benzene rings is 2. The molecule has 0 unspecified atom stereocenters. The lowest BCUT2D eigenvalue weighted by atomic mass is 10.1. The first kappa shape index (κ1) is 13.4. The third-order valence-electron chi connectivity index (χ3n) is 3.34. The van der Waals surface area contributed by atoms with Crippen molar-refractivity contribution in [1.29, 1.82) is 0 Å². The van der Waals surface area contributed by atoms with Gasteiger partial charge in [-0.1, -0.05) is 24.3 Å². The lowest BCUT2D eigenvalue weighted by Crippen LogP contribution is -1.92. The van der Waals surface area contributed by atoms with Crippen LogP contribution in [0.1, 0.15) is 11.1 Å². The summed E-state index contributed by atoms with van der Waals surface area (Å²) in [6, 6.07) is 11.2. The predicted octanol–water partition coefficient (Wildman–Crippen LogP) is 3.39. The molecule has 1 heterocycles. The summed E-state index contributed by atoms with van der Waals surface area (Å²) in [6.07, 6.45) is 4.62. The highest BCUT2D eigenvalue weighted by Gasteiger charge is 2.16. The molecular formula is C17H16O4. The largest absolute Gasteiger partial charge is 0.508 e. The summed E-state index contributed by atoms with van der Waals surface area (Å²) < 4.78 is 15.6. The first-order valence-corrected chi connectivity index (χ1v) is 6.68. The highest BCUT2D eigenvalue weighted by Crippen LogP contribution is 2.37. The number of methoxy groups -OCH3 is 1. The fourth-order valence-corrected chi connectivity index (χ4v) is 2.17. The summed E-state index contributed by atoms with van der Waals surface area (Å²) >= 11 is 0. The quantitative estimate of drug-likeness (QED) is 0.935. The lowest BCUT2D eigenvalue weighted by molar-refractivity contribution is 0.174. The number of allylic oxidation sites excluding steroid dienone is 1. The molecule has 1 N–H and O–H groups in total. The molecule has 4 heteroatoms. The second-order valence-electron chi connectivity index (χ2n) is 4.71. The molecule has 0 aromatic heterocycles.